The van der Waals surface area contributed by atoms with Gasteiger partial charge in [-0.25, -0.2) is 9.69 Å². The lowest BCUT2D eigenvalue weighted by Gasteiger charge is -2.26. The fraction of sp³-hybridized carbons (Fsp3) is 0.179. The standard InChI is InChI=1S/C28H25ClN2O5/c1-4-35-24-15-20(14-23(29)25(24)36-16-19-9-5-7-17(2)11-19)13-22-26(32)30-28(34)31(27(22)33)21-10-6-8-18(3)12-21/h5-15H,4,16H2,1-3H3,(H,30,32,34)/b22-13+. The van der Waals surface area contributed by atoms with Crippen molar-refractivity contribution < 1.29 is 23.9 Å². The number of aryl methyl sites for hydroxylation is 2. The highest BCUT2D eigenvalue weighted by atomic mass is 35.5. The molecule has 1 aliphatic rings. The molecular weight excluding hydrogens is 480 g/mol. The van der Waals surface area contributed by atoms with Crippen molar-refractivity contribution in [2.24, 2.45) is 0 Å². The van der Waals surface area contributed by atoms with Gasteiger partial charge in [0.05, 0.1) is 17.3 Å². The summed E-state index contributed by atoms with van der Waals surface area (Å²) in [4.78, 5) is 39.2. The van der Waals surface area contributed by atoms with Crippen molar-refractivity contribution >= 4 is 41.2 Å². The molecule has 36 heavy (non-hydrogen) atoms. The van der Waals surface area contributed by atoms with Crippen LogP contribution in [0.1, 0.15) is 29.2 Å². The van der Waals surface area contributed by atoms with E-state index >= 15 is 0 Å². The van der Waals surface area contributed by atoms with Crippen molar-refractivity contribution in [3.63, 3.8) is 0 Å². The number of carbonyl (C=O) groups excluding carboxylic acids is 3. The normalized spacial score (nSPS) is 14.7. The minimum absolute atomic E-state index is 0.206. The third-order valence-electron chi connectivity index (χ3n) is 5.47. The highest BCUT2D eigenvalue weighted by Gasteiger charge is 2.37. The zero-order valence-corrected chi connectivity index (χ0v) is 20.9. The van der Waals surface area contributed by atoms with E-state index in [-0.39, 0.29) is 17.2 Å². The van der Waals surface area contributed by atoms with Gasteiger partial charge < -0.3 is 9.47 Å². The summed E-state index contributed by atoms with van der Waals surface area (Å²) in [6, 6.07) is 17.2. The summed E-state index contributed by atoms with van der Waals surface area (Å²) in [6.45, 7) is 6.31. The van der Waals surface area contributed by atoms with Crippen LogP contribution in [-0.2, 0) is 16.2 Å². The summed E-state index contributed by atoms with van der Waals surface area (Å²) in [5.74, 6) is -0.788. The van der Waals surface area contributed by atoms with Crippen LogP contribution in [0.4, 0.5) is 10.5 Å². The first kappa shape index (κ1) is 25.0. The summed E-state index contributed by atoms with van der Waals surface area (Å²) in [5.41, 5.74) is 3.56. The molecule has 7 nitrogen and oxygen atoms in total. The molecule has 3 aromatic rings. The van der Waals surface area contributed by atoms with Gasteiger partial charge in [0.2, 0.25) is 0 Å². The summed E-state index contributed by atoms with van der Waals surface area (Å²) in [6.07, 6.45) is 1.38. The van der Waals surface area contributed by atoms with E-state index in [0.29, 0.717) is 29.4 Å². The molecule has 1 fully saturated rings. The van der Waals surface area contributed by atoms with Crippen LogP contribution in [0.5, 0.6) is 11.5 Å². The lowest BCUT2D eigenvalue weighted by Crippen LogP contribution is -2.54. The predicted molar refractivity (Wildman–Crippen MR) is 138 cm³/mol. The van der Waals surface area contributed by atoms with Crippen LogP contribution in [0, 0.1) is 13.8 Å². The number of imide groups is 2. The van der Waals surface area contributed by atoms with Crippen molar-refractivity contribution in [2.45, 2.75) is 27.4 Å². The summed E-state index contributed by atoms with van der Waals surface area (Å²) in [7, 11) is 0. The van der Waals surface area contributed by atoms with Gasteiger partial charge in [0.25, 0.3) is 11.8 Å². The van der Waals surface area contributed by atoms with E-state index in [9.17, 15) is 14.4 Å². The second kappa shape index (κ2) is 10.7. The number of benzene rings is 3. The largest absolute Gasteiger partial charge is 0.490 e. The van der Waals surface area contributed by atoms with Gasteiger partial charge in [0.1, 0.15) is 12.2 Å². The molecule has 1 saturated heterocycles. The lowest BCUT2D eigenvalue weighted by molar-refractivity contribution is -0.122. The maximum absolute atomic E-state index is 13.2. The molecule has 0 radical (unpaired) electrons. The van der Waals surface area contributed by atoms with Crippen LogP contribution >= 0.6 is 11.6 Å². The average molecular weight is 505 g/mol. The molecule has 184 valence electrons. The van der Waals surface area contributed by atoms with Gasteiger partial charge in [-0.3, -0.25) is 14.9 Å². The topological polar surface area (TPSA) is 84.9 Å². The van der Waals surface area contributed by atoms with Crippen molar-refractivity contribution in [3.8, 4) is 11.5 Å². The highest BCUT2D eigenvalue weighted by molar-refractivity contribution is 6.39. The fourth-order valence-electron chi connectivity index (χ4n) is 3.86. The van der Waals surface area contributed by atoms with Gasteiger partial charge in [-0.1, -0.05) is 53.6 Å². The number of barbiturate groups is 1. The molecule has 0 saturated carbocycles. The lowest BCUT2D eigenvalue weighted by atomic mass is 10.1. The first-order chi connectivity index (χ1) is 17.3. The number of nitrogens with zero attached hydrogens (tertiary/aromatic N) is 1. The van der Waals surface area contributed by atoms with Crippen LogP contribution < -0.4 is 19.7 Å². The summed E-state index contributed by atoms with van der Waals surface area (Å²) in [5, 5.41) is 2.49. The van der Waals surface area contributed by atoms with Crippen molar-refractivity contribution in [3.05, 3.63) is 93.5 Å². The first-order valence-corrected chi connectivity index (χ1v) is 11.8. The minimum Gasteiger partial charge on any atom is -0.490 e. The molecule has 0 aromatic heterocycles. The van der Waals surface area contributed by atoms with Crippen LogP contribution in [0.25, 0.3) is 6.08 Å². The molecule has 1 heterocycles. The van der Waals surface area contributed by atoms with Gasteiger partial charge in [0.15, 0.2) is 11.5 Å². The van der Waals surface area contributed by atoms with E-state index in [4.69, 9.17) is 21.1 Å². The first-order valence-electron chi connectivity index (χ1n) is 11.4. The van der Waals surface area contributed by atoms with E-state index in [1.165, 1.54) is 6.08 Å². The van der Waals surface area contributed by atoms with Crippen LogP contribution in [-0.4, -0.2) is 24.5 Å². The van der Waals surface area contributed by atoms with Gasteiger partial charge in [0, 0.05) is 0 Å². The molecule has 4 rings (SSSR count). The van der Waals surface area contributed by atoms with Crippen molar-refractivity contribution in [1.82, 2.24) is 5.32 Å². The van der Waals surface area contributed by atoms with E-state index in [1.54, 1.807) is 30.3 Å². The van der Waals surface area contributed by atoms with Gasteiger partial charge >= 0.3 is 6.03 Å². The van der Waals surface area contributed by atoms with Gasteiger partial charge in [-0.15, -0.1) is 0 Å². The Hall–Kier alpha value is -4.10. The maximum Gasteiger partial charge on any atom is 0.335 e. The van der Waals surface area contributed by atoms with Crippen molar-refractivity contribution in [1.29, 1.82) is 0 Å². The Morgan fingerprint density at radius 1 is 0.944 bits per heavy atom. The zero-order chi connectivity index (χ0) is 25.8. The Labute approximate surface area is 214 Å². The Morgan fingerprint density at radius 3 is 2.36 bits per heavy atom. The number of ether oxygens (including phenoxy) is 2. The quantitative estimate of drug-likeness (QED) is 0.334. The number of urea groups is 1. The predicted octanol–water partition coefficient (Wildman–Crippen LogP) is 5.60. The molecular formula is C28H25ClN2O5. The Kier molecular flexibility index (Phi) is 7.41. The molecule has 8 heteroatoms. The maximum atomic E-state index is 13.2. The molecule has 0 atom stereocenters. The van der Waals surface area contributed by atoms with Gasteiger partial charge in [-0.2, -0.15) is 0 Å². The Balaban J connectivity index is 1.66. The summed E-state index contributed by atoms with van der Waals surface area (Å²) < 4.78 is 11.7. The number of hydrogen-bond acceptors (Lipinski definition) is 5. The zero-order valence-electron chi connectivity index (χ0n) is 20.1. The fourth-order valence-corrected chi connectivity index (χ4v) is 4.13. The number of carbonyl (C=O) groups is 3. The Bertz CT molecular complexity index is 1380. The van der Waals surface area contributed by atoms with E-state index in [1.807, 2.05) is 51.1 Å². The molecule has 0 bridgehead atoms. The number of hydrogen-bond donors (Lipinski definition) is 1. The second-order valence-electron chi connectivity index (χ2n) is 8.34. The van der Waals surface area contributed by atoms with Crippen molar-refractivity contribution in [2.75, 3.05) is 11.5 Å². The monoisotopic (exact) mass is 504 g/mol. The summed E-state index contributed by atoms with van der Waals surface area (Å²) >= 11 is 6.54. The van der Waals surface area contributed by atoms with E-state index < -0.39 is 17.8 Å². The smallest absolute Gasteiger partial charge is 0.335 e. The Morgan fingerprint density at radius 2 is 1.67 bits per heavy atom. The number of rotatable bonds is 7. The third-order valence-corrected chi connectivity index (χ3v) is 5.75. The van der Waals surface area contributed by atoms with E-state index in [2.05, 4.69) is 5.32 Å². The minimum atomic E-state index is -0.805. The number of amides is 4. The molecule has 1 aliphatic heterocycles. The van der Waals surface area contributed by atoms with Gasteiger partial charge in [-0.05, 0) is 67.8 Å². The molecule has 0 aliphatic carbocycles. The second-order valence-corrected chi connectivity index (χ2v) is 8.74. The molecule has 4 amide bonds. The molecule has 1 N–H and O–H groups in total. The average Bonchev–Trinajstić information content (AvgIpc) is 2.81. The van der Waals surface area contributed by atoms with Crippen LogP contribution in [0.2, 0.25) is 5.02 Å². The van der Waals surface area contributed by atoms with E-state index in [0.717, 1.165) is 21.6 Å². The molecule has 0 spiro atoms. The number of nitrogens with one attached hydrogen (secondary N) is 1. The number of anilines is 1. The SMILES string of the molecule is CCOc1cc(/C=C2\C(=O)NC(=O)N(c3cccc(C)c3)C2=O)cc(Cl)c1OCc1cccc(C)c1. The molecule has 0 unspecified atom stereocenters. The number of halogens is 1. The highest BCUT2D eigenvalue weighted by Crippen LogP contribution is 2.38. The van der Waals surface area contributed by atoms with Crippen LogP contribution in [0.3, 0.4) is 0 Å². The molecule has 3 aromatic carbocycles. The van der Waals surface area contributed by atoms with Crippen LogP contribution in [0.15, 0.2) is 66.2 Å². The third kappa shape index (κ3) is 5.42.